The Morgan fingerprint density at radius 1 is 2.20 bits per heavy atom. The summed E-state index contributed by atoms with van der Waals surface area (Å²) in [6.45, 7) is -1.23. The van der Waals surface area contributed by atoms with Gasteiger partial charge in [-0.05, 0) is 14.0 Å². The molecule has 10 heavy (non-hydrogen) atoms. The van der Waals surface area contributed by atoms with Gasteiger partial charge < -0.3 is 0 Å². The summed E-state index contributed by atoms with van der Waals surface area (Å²) in [4.78, 5) is 10.7. The molecule has 1 aliphatic rings. The molecule has 1 rings (SSSR count). The van der Waals surface area contributed by atoms with Crippen molar-refractivity contribution in [3.8, 4) is 0 Å². The standard InChI is InChI=1S/C5H11N3O2/c1-4-6-3-5(7(4)2)8(9)10/h4-6H,3H2,1-2H3/i3D2,4D/hD. The van der Waals surface area contributed by atoms with Crippen molar-refractivity contribution in [1.82, 2.24) is 10.2 Å². The number of hydrogen-bond donors (Lipinski definition) is 1. The lowest BCUT2D eigenvalue weighted by Crippen LogP contribution is -2.37. The summed E-state index contributed by atoms with van der Waals surface area (Å²) < 4.78 is 29.6. The quantitative estimate of drug-likeness (QED) is 0.402. The molecule has 0 aromatic rings. The van der Waals surface area contributed by atoms with Crippen LogP contribution in [0.2, 0.25) is 1.41 Å². The van der Waals surface area contributed by atoms with E-state index in [0.717, 1.165) is 4.90 Å². The van der Waals surface area contributed by atoms with E-state index in [4.69, 9.17) is 5.52 Å². The maximum atomic E-state index is 10.6. The van der Waals surface area contributed by atoms with Gasteiger partial charge in [0.2, 0.25) is 0 Å². The average Bonchev–Trinajstić information content (AvgIpc) is 2.10. The van der Waals surface area contributed by atoms with E-state index in [-0.39, 0.29) is 0 Å². The predicted octanol–water partition coefficient (Wildman–Crippen LogP) is -0.530. The van der Waals surface area contributed by atoms with E-state index in [9.17, 15) is 10.1 Å². The van der Waals surface area contributed by atoms with Gasteiger partial charge in [-0.25, -0.2) is 4.90 Å². The van der Waals surface area contributed by atoms with Gasteiger partial charge in [0, 0.05) is 4.92 Å². The lowest BCUT2D eigenvalue weighted by Gasteiger charge is -2.14. The monoisotopic (exact) mass is 149 g/mol. The van der Waals surface area contributed by atoms with Gasteiger partial charge in [0.1, 0.15) is 1.41 Å². The van der Waals surface area contributed by atoms with E-state index in [1.807, 2.05) is 0 Å². The van der Waals surface area contributed by atoms with Crippen molar-refractivity contribution in [2.45, 2.75) is 19.2 Å². The number of likely N-dealkylation sites (N-methyl/N-ethyl adjacent to an activating group) is 1. The minimum atomic E-state index is -2.46. The minimum Gasteiger partial charge on any atom is -0.294 e. The third kappa shape index (κ3) is 1.10. The van der Waals surface area contributed by atoms with Crippen molar-refractivity contribution in [2.24, 2.45) is 0 Å². The third-order valence-corrected chi connectivity index (χ3v) is 1.42. The Morgan fingerprint density at radius 2 is 2.80 bits per heavy atom. The van der Waals surface area contributed by atoms with Crippen LogP contribution in [0.3, 0.4) is 0 Å². The van der Waals surface area contributed by atoms with Crippen LogP contribution in [0.1, 0.15) is 11.0 Å². The van der Waals surface area contributed by atoms with Gasteiger partial charge in [0.05, 0.1) is 16.8 Å². The summed E-state index contributed by atoms with van der Waals surface area (Å²) in [5.41, 5.74) is 0. The number of nitro groups is 1. The maximum absolute atomic E-state index is 10.6. The predicted molar refractivity (Wildman–Crippen MR) is 36.0 cm³/mol. The van der Waals surface area contributed by atoms with Gasteiger partial charge in [0.25, 0.3) is 6.17 Å². The molecule has 5 heteroatoms. The second-order valence-corrected chi connectivity index (χ2v) is 2.06. The first-order valence-electron chi connectivity index (χ1n) is 4.74. The SMILES string of the molecule is [2H]N1C([2H])([2H])C([N+](=O)[O-])N(C)C1([2H])C. The number of nitrogens with one attached hydrogen (secondary N) is 1. The average molecular weight is 149 g/mol. The van der Waals surface area contributed by atoms with Crippen LogP contribution in [0.4, 0.5) is 0 Å². The van der Waals surface area contributed by atoms with Gasteiger partial charge in [-0.1, -0.05) is 0 Å². The lowest BCUT2D eigenvalue weighted by molar-refractivity contribution is -0.541. The largest absolute Gasteiger partial charge is 0.294 e. The molecule has 1 heterocycles. The molecule has 0 radical (unpaired) electrons. The second kappa shape index (κ2) is 2.51. The van der Waals surface area contributed by atoms with Crippen molar-refractivity contribution in [3.05, 3.63) is 10.1 Å². The normalized spacial score (nSPS) is 54.8. The highest BCUT2D eigenvalue weighted by molar-refractivity contribution is 4.74. The second-order valence-electron chi connectivity index (χ2n) is 2.06. The van der Waals surface area contributed by atoms with E-state index in [0.29, 0.717) is 5.31 Å². The highest BCUT2D eigenvalue weighted by atomic mass is 16.6. The molecule has 1 aliphatic heterocycles. The van der Waals surface area contributed by atoms with Crippen LogP contribution in [0.25, 0.3) is 0 Å². The first kappa shape index (κ1) is 3.64. The van der Waals surface area contributed by atoms with Crippen LogP contribution >= 0.6 is 0 Å². The Hall–Kier alpha value is -0.680. The molecule has 2 atom stereocenters. The van der Waals surface area contributed by atoms with Crippen molar-refractivity contribution < 1.29 is 10.4 Å². The Morgan fingerprint density at radius 3 is 3.00 bits per heavy atom. The molecule has 0 bridgehead atoms. The number of nitrogens with zero attached hydrogens (tertiary/aromatic N) is 2. The Labute approximate surface area is 64.8 Å². The van der Waals surface area contributed by atoms with E-state index >= 15 is 0 Å². The molecule has 1 fully saturated rings. The summed E-state index contributed by atoms with van der Waals surface area (Å²) in [7, 11) is 1.26. The van der Waals surface area contributed by atoms with Gasteiger partial charge in [0.15, 0.2) is 0 Å². The maximum Gasteiger partial charge on any atom is 0.281 e. The molecule has 0 aromatic heterocycles. The summed E-state index contributed by atoms with van der Waals surface area (Å²) >= 11 is 0. The molecule has 1 N–H and O–H groups in total. The van der Waals surface area contributed by atoms with E-state index < -0.39 is 23.7 Å². The Bertz CT molecular complexity index is 272. The smallest absolute Gasteiger partial charge is 0.281 e. The van der Waals surface area contributed by atoms with Crippen molar-refractivity contribution in [2.75, 3.05) is 13.5 Å². The van der Waals surface area contributed by atoms with E-state index in [2.05, 4.69) is 0 Å². The van der Waals surface area contributed by atoms with Crippen molar-refractivity contribution in [3.63, 3.8) is 0 Å². The van der Waals surface area contributed by atoms with Crippen LogP contribution in [-0.2, 0) is 0 Å². The van der Waals surface area contributed by atoms with Gasteiger partial charge in [-0.15, -0.1) is 0 Å². The summed E-state index contributed by atoms with van der Waals surface area (Å²) in [5, 5.41) is 10.9. The highest BCUT2D eigenvalue weighted by Gasteiger charge is 2.34. The topological polar surface area (TPSA) is 58.4 Å². The van der Waals surface area contributed by atoms with Gasteiger partial charge >= 0.3 is 0 Å². The molecule has 0 amide bonds. The van der Waals surface area contributed by atoms with Crippen LogP contribution in [0, 0.1) is 10.1 Å². The molecule has 0 aromatic carbocycles. The molecule has 0 spiro atoms. The molecule has 1 saturated heterocycles. The molecular weight excluding hydrogens is 134 g/mol. The summed E-state index contributed by atoms with van der Waals surface area (Å²) in [6.07, 6.45) is -3.43. The summed E-state index contributed by atoms with van der Waals surface area (Å²) in [6, 6.07) is 0. The van der Waals surface area contributed by atoms with Crippen LogP contribution < -0.4 is 5.31 Å². The van der Waals surface area contributed by atoms with Crippen LogP contribution in [0.5, 0.6) is 0 Å². The fraction of sp³-hybridized carbons (Fsp3) is 1.00. The highest BCUT2D eigenvalue weighted by Crippen LogP contribution is 2.07. The first-order valence-corrected chi connectivity index (χ1v) is 2.79. The number of rotatable bonds is 1. The first-order chi connectivity index (χ1) is 6.13. The number of hydrogen-bond acceptors (Lipinski definition) is 4. The van der Waals surface area contributed by atoms with E-state index in [1.165, 1.54) is 14.0 Å². The molecule has 58 valence electrons. The zero-order chi connectivity index (χ0) is 11.3. The molecule has 5 nitrogen and oxygen atoms in total. The molecule has 2 unspecified atom stereocenters. The van der Waals surface area contributed by atoms with Gasteiger partial charge in [-0.3, -0.25) is 15.4 Å². The third-order valence-electron chi connectivity index (χ3n) is 1.42. The zero-order valence-corrected chi connectivity index (χ0v) is 5.74. The summed E-state index contributed by atoms with van der Waals surface area (Å²) in [5.74, 6) is 0. The molecule has 0 aliphatic carbocycles. The molecule has 0 saturated carbocycles. The van der Waals surface area contributed by atoms with Crippen LogP contribution in [-0.4, -0.2) is 35.7 Å². The Kier molecular flexibility index (Phi) is 0.914. The molecular formula is C5H11N3O2. The van der Waals surface area contributed by atoms with Gasteiger partial charge in [-0.2, -0.15) is 0 Å². The van der Waals surface area contributed by atoms with Crippen molar-refractivity contribution in [1.29, 1.82) is 0 Å². The van der Waals surface area contributed by atoms with E-state index in [1.54, 1.807) is 0 Å². The van der Waals surface area contributed by atoms with Crippen LogP contribution in [0.15, 0.2) is 0 Å². The minimum absolute atomic E-state index is 0.299. The van der Waals surface area contributed by atoms with Crippen molar-refractivity contribution >= 4 is 0 Å². The Balaban J connectivity index is 3.16. The lowest BCUT2D eigenvalue weighted by atomic mass is 10.5. The fourth-order valence-corrected chi connectivity index (χ4v) is 0.682. The zero-order valence-electron chi connectivity index (χ0n) is 9.74. The fourth-order valence-electron chi connectivity index (χ4n) is 0.682.